The van der Waals surface area contributed by atoms with Crippen LogP contribution >= 0.6 is 31.9 Å². The largest absolute Gasteiger partial charge is 0.494 e. The van der Waals surface area contributed by atoms with Crippen molar-refractivity contribution in [3.63, 3.8) is 0 Å². The van der Waals surface area contributed by atoms with Crippen LogP contribution < -0.4 is 4.74 Å². The zero-order valence-electron chi connectivity index (χ0n) is 6.85. The Hall–Kier alpha value is -0.350. The minimum atomic E-state index is -0.363. The average Bonchev–Trinajstić information content (AvgIpc) is 2.03. The molecule has 0 N–H and O–H groups in total. The molecule has 0 atom stereocenters. The van der Waals surface area contributed by atoms with Crippen LogP contribution in [0.25, 0.3) is 6.08 Å². The Morgan fingerprint density at radius 1 is 1.46 bits per heavy atom. The molecule has 0 unspecified atom stereocenters. The summed E-state index contributed by atoms with van der Waals surface area (Å²) in [6, 6.07) is 4.76. The predicted molar refractivity (Wildman–Crippen MR) is 58.8 cm³/mol. The zero-order chi connectivity index (χ0) is 9.84. The number of ether oxygens (including phenoxy) is 1. The van der Waals surface area contributed by atoms with Crippen molar-refractivity contribution in [1.29, 1.82) is 0 Å². The number of halogens is 3. The lowest BCUT2D eigenvalue weighted by atomic mass is 10.2. The van der Waals surface area contributed by atoms with Crippen LogP contribution in [0.3, 0.4) is 0 Å². The maximum absolute atomic E-state index is 13.1. The van der Waals surface area contributed by atoms with Crippen LogP contribution in [-0.2, 0) is 0 Å². The molecule has 0 aliphatic carbocycles. The molecule has 0 aliphatic heterocycles. The van der Waals surface area contributed by atoms with Gasteiger partial charge in [-0.2, -0.15) is 0 Å². The highest BCUT2D eigenvalue weighted by atomic mass is 79.9. The van der Waals surface area contributed by atoms with Crippen LogP contribution in [0.2, 0.25) is 0 Å². The lowest BCUT2D eigenvalue weighted by molar-refractivity contribution is 0.386. The molecule has 0 saturated carbocycles. The fourth-order valence-corrected chi connectivity index (χ4v) is 1.43. The summed E-state index contributed by atoms with van der Waals surface area (Å²) in [6.45, 7) is 0. The van der Waals surface area contributed by atoms with Gasteiger partial charge < -0.3 is 4.74 Å². The molecule has 0 saturated heterocycles. The molecule has 0 spiro atoms. The van der Waals surface area contributed by atoms with E-state index in [1.807, 2.05) is 0 Å². The molecule has 1 aromatic carbocycles. The summed E-state index contributed by atoms with van der Waals surface area (Å²) in [5.41, 5.74) is 0.766. The second-order valence-electron chi connectivity index (χ2n) is 2.33. The highest BCUT2D eigenvalue weighted by molar-refractivity contribution is 9.28. The quantitative estimate of drug-likeness (QED) is 0.804. The highest BCUT2D eigenvalue weighted by Gasteiger charge is 2.01. The molecular weight excluding hydrogens is 303 g/mol. The molecule has 0 heterocycles. The van der Waals surface area contributed by atoms with E-state index in [1.165, 1.54) is 13.2 Å². The van der Waals surface area contributed by atoms with Crippen LogP contribution in [0.1, 0.15) is 5.56 Å². The first kappa shape index (κ1) is 10.7. The van der Waals surface area contributed by atoms with Crippen LogP contribution in [0.5, 0.6) is 5.75 Å². The van der Waals surface area contributed by atoms with Gasteiger partial charge in [0.2, 0.25) is 0 Å². The summed E-state index contributed by atoms with van der Waals surface area (Å²) in [5, 5.41) is 0. The number of methoxy groups -OCH3 is 1. The molecule has 1 nitrogen and oxygen atoms in total. The van der Waals surface area contributed by atoms with E-state index in [0.29, 0.717) is 0 Å². The van der Waals surface area contributed by atoms with Crippen molar-refractivity contribution in [3.8, 4) is 5.75 Å². The van der Waals surface area contributed by atoms with E-state index >= 15 is 0 Å². The molecule has 1 aromatic rings. The van der Waals surface area contributed by atoms with Crippen molar-refractivity contribution >= 4 is 37.9 Å². The Morgan fingerprint density at radius 3 is 2.62 bits per heavy atom. The van der Waals surface area contributed by atoms with Gasteiger partial charge in [0.1, 0.15) is 0 Å². The first-order chi connectivity index (χ1) is 6.13. The minimum absolute atomic E-state index is 0.253. The summed E-state index contributed by atoms with van der Waals surface area (Å²) >= 11 is 6.39. The van der Waals surface area contributed by atoms with Gasteiger partial charge in [-0.15, -0.1) is 0 Å². The van der Waals surface area contributed by atoms with Crippen molar-refractivity contribution < 1.29 is 9.13 Å². The van der Waals surface area contributed by atoms with Crippen LogP contribution in [0.4, 0.5) is 4.39 Å². The van der Waals surface area contributed by atoms with E-state index in [0.717, 1.165) is 8.96 Å². The van der Waals surface area contributed by atoms with Gasteiger partial charge in [-0.1, -0.05) is 6.07 Å². The zero-order valence-corrected chi connectivity index (χ0v) is 10.0. The lowest BCUT2D eigenvalue weighted by Gasteiger charge is -2.01. The van der Waals surface area contributed by atoms with Gasteiger partial charge in [-0.3, -0.25) is 0 Å². The van der Waals surface area contributed by atoms with Gasteiger partial charge in [0, 0.05) is 0 Å². The molecule has 13 heavy (non-hydrogen) atoms. The third-order valence-corrected chi connectivity index (χ3v) is 1.91. The van der Waals surface area contributed by atoms with Crippen molar-refractivity contribution in [3.05, 3.63) is 33.0 Å². The van der Waals surface area contributed by atoms with Crippen molar-refractivity contribution in [2.75, 3.05) is 7.11 Å². The Balaban J connectivity index is 3.03. The Kier molecular flexibility index (Phi) is 3.93. The Labute approximate surface area is 92.9 Å². The van der Waals surface area contributed by atoms with Gasteiger partial charge in [-0.05, 0) is 55.6 Å². The normalized spacial score (nSPS) is 9.54. The predicted octanol–water partition coefficient (Wildman–Crippen LogP) is 3.92. The average molecular weight is 310 g/mol. The fraction of sp³-hybridized carbons (Fsp3) is 0.111. The monoisotopic (exact) mass is 308 g/mol. The molecule has 0 fully saturated rings. The first-order valence-corrected chi connectivity index (χ1v) is 5.08. The molecule has 0 radical (unpaired) electrons. The van der Waals surface area contributed by atoms with Gasteiger partial charge >= 0.3 is 0 Å². The van der Waals surface area contributed by atoms with Gasteiger partial charge in [-0.25, -0.2) is 4.39 Å². The molecule has 4 heteroatoms. The van der Waals surface area contributed by atoms with E-state index in [4.69, 9.17) is 4.74 Å². The lowest BCUT2D eigenvalue weighted by Crippen LogP contribution is -1.87. The van der Waals surface area contributed by atoms with E-state index in [-0.39, 0.29) is 11.6 Å². The smallest absolute Gasteiger partial charge is 0.165 e. The summed E-state index contributed by atoms with van der Waals surface area (Å²) in [5.74, 6) is -0.111. The number of benzene rings is 1. The SMILES string of the molecule is COc1ccc(C=C(Br)Br)cc1F. The second kappa shape index (κ2) is 4.77. The maximum atomic E-state index is 13.1. The topological polar surface area (TPSA) is 9.23 Å². The molecule has 70 valence electrons. The third kappa shape index (κ3) is 3.12. The second-order valence-corrected chi connectivity index (χ2v) is 5.10. The van der Waals surface area contributed by atoms with E-state index in [1.54, 1.807) is 18.2 Å². The Morgan fingerprint density at radius 2 is 2.15 bits per heavy atom. The minimum Gasteiger partial charge on any atom is -0.494 e. The molecule has 0 bridgehead atoms. The van der Waals surface area contributed by atoms with Crippen LogP contribution in [0, 0.1) is 5.82 Å². The van der Waals surface area contributed by atoms with Crippen molar-refractivity contribution in [2.45, 2.75) is 0 Å². The first-order valence-electron chi connectivity index (χ1n) is 3.49. The van der Waals surface area contributed by atoms with Gasteiger partial charge in [0.15, 0.2) is 11.6 Å². The summed E-state index contributed by atoms with van der Waals surface area (Å²) in [6.07, 6.45) is 1.75. The van der Waals surface area contributed by atoms with Crippen molar-refractivity contribution in [1.82, 2.24) is 0 Å². The fourth-order valence-electron chi connectivity index (χ4n) is 0.898. The molecule has 1 rings (SSSR count). The molecular formula is C9H7Br2FO. The standard InChI is InChI=1S/C9H7Br2FO/c1-13-8-3-2-6(4-7(8)12)5-9(10)11/h2-5H,1H3. The number of hydrogen-bond donors (Lipinski definition) is 0. The van der Waals surface area contributed by atoms with Crippen LogP contribution in [-0.4, -0.2) is 7.11 Å². The van der Waals surface area contributed by atoms with Crippen molar-refractivity contribution in [2.24, 2.45) is 0 Å². The van der Waals surface area contributed by atoms with E-state index in [9.17, 15) is 4.39 Å². The molecule has 0 aromatic heterocycles. The number of hydrogen-bond acceptors (Lipinski definition) is 1. The molecule has 0 aliphatic rings. The summed E-state index contributed by atoms with van der Waals surface area (Å²) in [7, 11) is 1.44. The van der Waals surface area contributed by atoms with Gasteiger partial charge in [0.05, 0.1) is 10.5 Å². The Bertz CT molecular complexity index is 332. The van der Waals surface area contributed by atoms with Gasteiger partial charge in [0.25, 0.3) is 0 Å². The molecule has 0 amide bonds. The van der Waals surface area contributed by atoms with E-state index < -0.39 is 0 Å². The third-order valence-electron chi connectivity index (χ3n) is 1.45. The van der Waals surface area contributed by atoms with Crippen LogP contribution in [0.15, 0.2) is 21.6 Å². The summed E-state index contributed by atoms with van der Waals surface area (Å²) in [4.78, 5) is 0. The number of rotatable bonds is 2. The maximum Gasteiger partial charge on any atom is 0.165 e. The highest BCUT2D eigenvalue weighted by Crippen LogP contribution is 2.22. The van der Waals surface area contributed by atoms with E-state index in [2.05, 4.69) is 31.9 Å². The summed E-state index contributed by atoms with van der Waals surface area (Å²) < 4.78 is 18.7.